The topological polar surface area (TPSA) is 122 Å². The van der Waals surface area contributed by atoms with Gasteiger partial charge in [-0.25, -0.2) is 0 Å². The molecule has 0 spiro atoms. The second kappa shape index (κ2) is 11.2. The van der Waals surface area contributed by atoms with Crippen molar-refractivity contribution in [3.63, 3.8) is 0 Å². The number of amides is 3. The molecule has 3 amide bonds. The average Bonchev–Trinajstić information content (AvgIpc) is 3.56. The van der Waals surface area contributed by atoms with E-state index < -0.39 is 0 Å². The Hall–Kier alpha value is -4.11. The Morgan fingerprint density at radius 1 is 0.882 bits per heavy atom. The number of hydrogen-bond acceptors (Lipinski definition) is 6. The number of nitrogens with one attached hydrogen (secondary N) is 4. The van der Waals surface area contributed by atoms with Crippen molar-refractivity contribution in [2.75, 3.05) is 35.6 Å². The third-order valence-electron chi connectivity index (χ3n) is 5.26. The summed E-state index contributed by atoms with van der Waals surface area (Å²) < 4.78 is 10.6. The molecule has 1 saturated heterocycles. The van der Waals surface area contributed by atoms with Gasteiger partial charge in [0.25, 0.3) is 11.8 Å². The van der Waals surface area contributed by atoms with Crippen molar-refractivity contribution < 1.29 is 23.5 Å². The van der Waals surface area contributed by atoms with E-state index in [1.807, 2.05) is 0 Å². The van der Waals surface area contributed by atoms with Crippen molar-refractivity contribution in [1.82, 2.24) is 5.32 Å². The van der Waals surface area contributed by atoms with Crippen LogP contribution < -0.4 is 21.3 Å². The first kappa shape index (κ1) is 23.1. The van der Waals surface area contributed by atoms with Crippen molar-refractivity contribution >= 4 is 34.8 Å². The van der Waals surface area contributed by atoms with Crippen LogP contribution in [0.4, 0.5) is 17.1 Å². The fourth-order valence-electron chi connectivity index (χ4n) is 3.52. The lowest BCUT2D eigenvalue weighted by atomic mass is 10.2. The minimum atomic E-state index is -0.376. The first-order valence-corrected chi connectivity index (χ1v) is 11.1. The predicted octanol–water partition coefficient (Wildman–Crippen LogP) is 3.49. The minimum absolute atomic E-state index is 0.0353. The van der Waals surface area contributed by atoms with Crippen molar-refractivity contribution in [1.29, 1.82) is 0 Å². The molecule has 0 bridgehead atoms. The van der Waals surface area contributed by atoms with E-state index in [9.17, 15) is 14.4 Å². The number of carbonyl (C=O) groups excluding carboxylic acids is 3. The van der Waals surface area contributed by atoms with Crippen LogP contribution in [0.3, 0.4) is 0 Å². The van der Waals surface area contributed by atoms with E-state index in [1.54, 1.807) is 60.7 Å². The van der Waals surface area contributed by atoms with Gasteiger partial charge in [-0.3, -0.25) is 14.4 Å². The molecular formula is C25H26N4O5. The van der Waals surface area contributed by atoms with Gasteiger partial charge in [0.05, 0.1) is 18.9 Å². The Bertz CT molecular complexity index is 1120. The molecule has 9 nitrogen and oxygen atoms in total. The molecule has 1 aromatic heterocycles. The molecule has 2 aromatic carbocycles. The minimum Gasteiger partial charge on any atom is -0.459 e. The number of rotatable bonds is 9. The van der Waals surface area contributed by atoms with Gasteiger partial charge in [0.1, 0.15) is 0 Å². The first-order chi connectivity index (χ1) is 16.6. The van der Waals surface area contributed by atoms with Crippen molar-refractivity contribution in [3.8, 4) is 0 Å². The first-order valence-electron chi connectivity index (χ1n) is 11.1. The highest BCUT2D eigenvalue weighted by atomic mass is 16.5. The van der Waals surface area contributed by atoms with Crippen LogP contribution >= 0.6 is 0 Å². The summed E-state index contributed by atoms with van der Waals surface area (Å²) in [5.41, 5.74) is 2.33. The van der Waals surface area contributed by atoms with Crippen LogP contribution in [0.5, 0.6) is 0 Å². The summed E-state index contributed by atoms with van der Waals surface area (Å²) in [4.78, 5) is 36.7. The molecule has 1 unspecified atom stereocenters. The van der Waals surface area contributed by atoms with E-state index in [4.69, 9.17) is 9.15 Å². The Balaban J connectivity index is 1.23. The van der Waals surface area contributed by atoms with Gasteiger partial charge in [-0.2, -0.15) is 0 Å². The Labute approximate surface area is 196 Å². The van der Waals surface area contributed by atoms with Crippen LogP contribution in [0.25, 0.3) is 0 Å². The van der Waals surface area contributed by atoms with Crippen LogP contribution in [0.1, 0.15) is 33.8 Å². The highest BCUT2D eigenvalue weighted by Crippen LogP contribution is 2.17. The summed E-state index contributed by atoms with van der Waals surface area (Å²) in [5.74, 6) is -0.587. The largest absolute Gasteiger partial charge is 0.459 e. The molecule has 1 aliphatic heterocycles. The third-order valence-corrected chi connectivity index (χ3v) is 5.26. The van der Waals surface area contributed by atoms with Crippen LogP contribution in [0, 0.1) is 0 Å². The third kappa shape index (κ3) is 6.46. The van der Waals surface area contributed by atoms with Crippen molar-refractivity contribution in [3.05, 3.63) is 78.3 Å². The second-order valence-electron chi connectivity index (χ2n) is 7.84. The molecule has 1 aliphatic rings. The van der Waals surface area contributed by atoms with Gasteiger partial charge < -0.3 is 30.4 Å². The number of furan rings is 1. The number of ether oxygens (including phenoxy) is 1. The Kier molecular flexibility index (Phi) is 7.56. The molecule has 4 N–H and O–H groups in total. The maximum atomic E-state index is 12.3. The molecule has 3 aromatic rings. The summed E-state index contributed by atoms with van der Waals surface area (Å²) in [6.07, 6.45) is 3.52. The van der Waals surface area contributed by atoms with Gasteiger partial charge in [-0.15, -0.1) is 0 Å². The molecule has 1 fully saturated rings. The zero-order valence-corrected chi connectivity index (χ0v) is 18.5. The number of benzene rings is 2. The van der Waals surface area contributed by atoms with E-state index in [2.05, 4.69) is 21.3 Å². The molecule has 0 aliphatic carbocycles. The van der Waals surface area contributed by atoms with E-state index in [0.717, 1.165) is 19.4 Å². The number of hydrogen-bond donors (Lipinski definition) is 4. The standard InChI is InChI=1S/C25H26N4O5/c30-23(28-19-4-1-5-20(14-19)29-25(32)22-7-3-13-34-22)16-26-18-10-8-17(9-11-18)24(31)27-15-21-6-2-12-33-21/h1,3-5,7-11,13-14,21,26H,2,6,12,15-16H2,(H,27,31)(H,28,30)(H,29,32). The number of anilines is 3. The number of carbonyl (C=O) groups is 3. The van der Waals surface area contributed by atoms with Crippen molar-refractivity contribution in [2.24, 2.45) is 0 Å². The molecule has 9 heteroatoms. The normalized spacial score (nSPS) is 14.9. The average molecular weight is 463 g/mol. The maximum Gasteiger partial charge on any atom is 0.291 e. The predicted molar refractivity (Wildman–Crippen MR) is 128 cm³/mol. The van der Waals surface area contributed by atoms with Crippen LogP contribution in [0.15, 0.2) is 71.3 Å². The second-order valence-corrected chi connectivity index (χ2v) is 7.84. The van der Waals surface area contributed by atoms with Gasteiger partial charge in [-0.05, 0) is 67.4 Å². The lowest BCUT2D eigenvalue weighted by Gasteiger charge is -2.12. The summed E-state index contributed by atoms with van der Waals surface area (Å²) in [5, 5.41) is 11.4. The quantitative estimate of drug-likeness (QED) is 0.386. The van der Waals surface area contributed by atoms with Gasteiger partial charge in [-0.1, -0.05) is 6.07 Å². The fraction of sp³-hybridized carbons (Fsp3) is 0.240. The molecule has 2 heterocycles. The lowest BCUT2D eigenvalue weighted by molar-refractivity contribution is -0.114. The van der Waals surface area contributed by atoms with Crippen LogP contribution in [0.2, 0.25) is 0 Å². The Morgan fingerprint density at radius 2 is 1.68 bits per heavy atom. The van der Waals surface area contributed by atoms with Crippen LogP contribution in [-0.4, -0.2) is 43.5 Å². The summed E-state index contributed by atoms with van der Waals surface area (Å²) in [6, 6.07) is 16.9. The zero-order chi connectivity index (χ0) is 23.8. The van der Waals surface area contributed by atoms with Gasteiger partial charge in [0.15, 0.2) is 5.76 Å². The fourth-order valence-corrected chi connectivity index (χ4v) is 3.52. The van der Waals surface area contributed by atoms with E-state index in [0.29, 0.717) is 29.2 Å². The summed E-state index contributed by atoms with van der Waals surface area (Å²) >= 11 is 0. The molecule has 0 radical (unpaired) electrons. The molecule has 0 saturated carbocycles. The molecule has 34 heavy (non-hydrogen) atoms. The molecule has 176 valence electrons. The highest BCUT2D eigenvalue weighted by molar-refractivity contribution is 6.03. The monoisotopic (exact) mass is 462 g/mol. The summed E-state index contributed by atoms with van der Waals surface area (Å²) in [6.45, 7) is 1.29. The van der Waals surface area contributed by atoms with Crippen LogP contribution in [-0.2, 0) is 9.53 Å². The highest BCUT2D eigenvalue weighted by Gasteiger charge is 2.16. The summed E-state index contributed by atoms with van der Waals surface area (Å²) in [7, 11) is 0. The molecular weight excluding hydrogens is 436 g/mol. The van der Waals surface area contributed by atoms with E-state index in [-0.39, 0.29) is 36.1 Å². The maximum absolute atomic E-state index is 12.3. The van der Waals surface area contributed by atoms with E-state index in [1.165, 1.54) is 6.26 Å². The van der Waals surface area contributed by atoms with Gasteiger partial charge in [0.2, 0.25) is 5.91 Å². The lowest BCUT2D eigenvalue weighted by Crippen LogP contribution is -2.31. The smallest absolute Gasteiger partial charge is 0.291 e. The Morgan fingerprint density at radius 3 is 2.38 bits per heavy atom. The zero-order valence-electron chi connectivity index (χ0n) is 18.5. The molecule has 1 atom stereocenters. The SMILES string of the molecule is O=C(CNc1ccc(C(=O)NCC2CCCO2)cc1)Nc1cccc(NC(=O)c2ccco2)c1. The van der Waals surface area contributed by atoms with Gasteiger partial charge >= 0.3 is 0 Å². The van der Waals surface area contributed by atoms with Gasteiger partial charge in [0, 0.05) is 35.8 Å². The molecule has 4 rings (SSSR count). The van der Waals surface area contributed by atoms with E-state index >= 15 is 0 Å². The van der Waals surface area contributed by atoms with Crippen molar-refractivity contribution in [2.45, 2.75) is 18.9 Å².